The van der Waals surface area contributed by atoms with Crippen molar-refractivity contribution in [2.24, 2.45) is 11.8 Å². The maximum absolute atomic E-state index is 11.7. The number of aliphatic hydroxyl groups excluding tert-OH is 1. The van der Waals surface area contributed by atoms with Crippen LogP contribution in [0.4, 0.5) is 0 Å². The number of carbonyl (C=O) groups excluding carboxylic acids is 1. The van der Waals surface area contributed by atoms with E-state index >= 15 is 0 Å². The van der Waals surface area contributed by atoms with Gasteiger partial charge in [-0.2, -0.15) is 5.10 Å². The summed E-state index contributed by atoms with van der Waals surface area (Å²) in [5.74, 6) is 0.547. The van der Waals surface area contributed by atoms with Crippen LogP contribution < -0.4 is 0 Å². The number of hydrogen-bond donors (Lipinski definition) is 1. The van der Waals surface area contributed by atoms with Crippen LogP contribution in [-0.4, -0.2) is 26.3 Å². The largest absolute Gasteiger partial charge is 0.512 e. The van der Waals surface area contributed by atoms with Crippen LogP contribution in [0.2, 0.25) is 0 Å². The van der Waals surface area contributed by atoms with Crippen molar-refractivity contribution in [2.45, 2.75) is 86.5 Å². The SMILES string of the molecule is CCC(CC)C(=O)/C=C(\O)C(CC)CC.Cc1c2ccccc2cc2c(-c3[c-]c4ccccc4c(C(C)(C)C)c3)nnnc12.[Ir]. The summed E-state index contributed by atoms with van der Waals surface area (Å²) in [7, 11) is 0. The van der Waals surface area contributed by atoms with Crippen LogP contribution in [0, 0.1) is 24.8 Å². The molecule has 0 fully saturated rings. The summed E-state index contributed by atoms with van der Waals surface area (Å²) in [6.07, 6.45) is 4.91. The van der Waals surface area contributed by atoms with E-state index in [1.165, 1.54) is 27.8 Å². The molecular formula is C39H46IrN3O2-. The molecule has 0 bridgehead atoms. The Bertz CT molecular complexity index is 1800. The number of hydrogen-bond acceptors (Lipinski definition) is 5. The average molecular weight is 781 g/mol. The van der Waals surface area contributed by atoms with Crippen LogP contribution in [0.25, 0.3) is 43.7 Å². The topological polar surface area (TPSA) is 76.0 Å². The smallest absolute Gasteiger partial charge is 0.162 e. The first-order valence-electron chi connectivity index (χ1n) is 16.0. The third-order valence-electron chi connectivity index (χ3n) is 8.74. The van der Waals surface area contributed by atoms with Gasteiger partial charge in [0.25, 0.3) is 0 Å². The molecule has 5 nitrogen and oxygen atoms in total. The van der Waals surface area contributed by atoms with Gasteiger partial charge in [0, 0.05) is 43.7 Å². The molecule has 1 aromatic heterocycles. The van der Waals surface area contributed by atoms with E-state index in [-0.39, 0.29) is 48.9 Å². The van der Waals surface area contributed by atoms with Crippen molar-refractivity contribution in [3.63, 3.8) is 0 Å². The number of aryl methyl sites for hydroxylation is 1. The summed E-state index contributed by atoms with van der Waals surface area (Å²) in [5, 5.41) is 28.4. The number of allylic oxidation sites excluding steroid dienone is 2. The van der Waals surface area contributed by atoms with E-state index in [9.17, 15) is 9.90 Å². The first kappa shape index (κ1) is 36.0. The van der Waals surface area contributed by atoms with Gasteiger partial charge in [-0.15, -0.1) is 34.2 Å². The molecule has 0 aliphatic heterocycles. The number of carbonyl (C=O) groups is 1. The number of aromatic nitrogens is 3. The minimum atomic E-state index is 0. The minimum absolute atomic E-state index is 0. The monoisotopic (exact) mass is 781 g/mol. The minimum Gasteiger partial charge on any atom is -0.512 e. The normalized spacial score (nSPS) is 12.0. The third-order valence-corrected chi connectivity index (χ3v) is 8.74. The Morgan fingerprint density at radius 3 is 2.07 bits per heavy atom. The van der Waals surface area contributed by atoms with Crippen molar-refractivity contribution in [3.8, 4) is 11.3 Å². The van der Waals surface area contributed by atoms with Gasteiger partial charge in [-0.1, -0.05) is 113 Å². The van der Waals surface area contributed by atoms with Crippen molar-refractivity contribution >= 4 is 38.2 Å². The molecule has 1 N–H and O–H groups in total. The average Bonchev–Trinajstić information content (AvgIpc) is 3.01. The summed E-state index contributed by atoms with van der Waals surface area (Å²) in [6.45, 7) is 16.9. The van der Waals surface area contributed by atoms with Gasteiger partial charge in [-0.05, 0) is 59.7 Å². The van der Waals surface area contributed by atoms with Crippen molar-refractivity contribution < 1.29 is 30.0 Å². The fourth-order valence-electron chi connectivity index (χ4n) is 5.95. The van der Waals surface area contributed by atoms with Gasteiger partial charge in [0.05, 0.1) is 11.3 Å². The molecule has 1 heterocycles. The molecule has 239 valence electrons. The van der Waals surface area contributed by atoms with Gasteiger partial charge in [-0.25, -0.2) is 0 Å². The fraction of sp³-hybridized carbons (Fsp3) is 0.385. The van der Waals surface area contributed by atoms with Crippen LogP contribution in [-0.2, 0) is 30.3 Å². The molecule has 45 heavy (non-hydrogen) atoms. The van der Waals surface area contributed by atoms with E-state index in [0.29, 0.717) is 0 Å². The fourth-order valence-corrected chi connectivity index (χ4v) is 5.95. The number of benzene rings is 4. The zero-order valence-electron chi connectivity index (χ0n) is 27.9. The maximum Gasteiger partial charge on any atom is 0.162 e. The van der Waals surface area contributed by atoms with E-state index in [1.807, 2.05) is 27.7 Å². The standard InChI is InChI=1S/C26H22N3.C13H24O2.Ir/c1-16-20-11-7-5-10-18(20)14-22-24(16)27-29-28-25(22)19-13-17-9-6-8-12-21(17)23(15-19)26(2,3)4;1-5-10(6-2)12(14)9-13(15)11(7-3)8-4;/h5-12,14-15H,1-4H3;9-11,14H,5-8H2,1-4H3;/q-1;;/b;12-9-;. The first-order chi connectivity index (χ1) is 21.0. The van der Waals surface area contributed by atoms with Gasteiger partial charge >= 0.3 is 0 Å². The second-order valence-electron chi connectivity index (χ2n) is 12.6. The molecular weight excluding hydrogens is 735 g/mol. The van der Waals surface area contributed by atoms with E-state index in [1.54, 1.807) is 0 Å². The summed E-state index contributed by atoms with van der Waals surface area (Å²) in [4.78, 5) is 11.7. The Balaban J connectivity index is 0.000000297. The molecule has 0 amide bonds. The predicted octanol–water partition coefficient (Wildman–Crippen LogP) is 10.3. The van der Waals surface area contributed by atoms with E-state index in [2.05, 4.69) is 110 Å². The molecule has 0 spiro atoms. The van der Waals surface area contributed by atoms with Crippen LogP contribution in [0.1, 0.15) is 85.3 Å². The second kappa shape index (κ2) is 15.7. The third kappa shape index (κ3) is 8.04. The Morgan fingerprint density at radius 1 is 0.844 bits per heavy atom. The van der Waals surface area contributed by atoms with Crippen LogP contribution in [0.15, 0.2) is 72.5 Å². The number of rotatable bonds is 8. The molecule has 5 aromatic rings. The Kier molecular flexibility index (Phi) is 12.6. The summed E-state index contributed by atoms with van der Waals surface area (Å²) < 4.78 is 0. The van der Waals surface area contributed by atoms with Gasteiger partial charge < -0.3 is 5.11 Å². The first-order valence-corrected chi connectivity index (χ1v) is 16.0. The number of aliphatic hydroxyl groups is 1. The Labute approximate surface area is 281 Å². The maximum atomic E-state index is 11.7. The van der Waals surface area contributed by atoms with Crippen molar-refractivity contribution in [1.29, 1.82) is 0 Å². The molecule has 4 aromatic carbocycles. The zero-order chi connectivity index (χ0) is 32.0. The molecule has 1 radical (unpaired) electrons. The molecule has 0 saturated carbocycles. The van der Waals surface area contributed by atoms with E-state index in [0.717, 1.165) is 58.8 Å². The Morgan fingerprint density at radius 2 is 1.44 bits per heavy atom. The number of nitrogens with zero attached hydrogens (tertiary/aromatic N) is 3. The molecule has 0 unspecified atom stereocenters. The number of fused-ring (bicyclic) bond motifs is 3. The van der Waals surface area contributed by atoms with Crippen molar-refractivity contribution in [3.05, 3.63) is 89.7 Å². The number of ketones is 1. The summed E-state index contributed by atoms with van der Waals surface area (Å²) >= 11 is 0. The van der Waals surface area contributed by atoms with Gasteiger partial charge in [-0.3, -0.25) is 4.79 Å². The summed E-state index contributed by atoms with van der Waals surface area (Å²) in [5.41, 5.74) is 5.11. The van der Waals surface area contributed by atoms with Crippen LogP contribution >= 0.6 is 0 Å². The molecule has 0 saturated heterocycles. The predicted molar refractivity (Wildman–Crippen MR) is 184 cm³/mol. The summed E-state index contributed by atoms with van der Waals surface area (Å²) in [6, 6.07) is 24.8. The van der Waals surface area contributed by atoms with Gasteiger partial charge in [0.2, 0.25) is 0 Å². The van der Waals surface area contributed by atoms with Crippen molar-refractivity contribution in [2.75, 3.05) is 0 Å². The molecule has 0 aliphatic rings. The molecule has 0 atom stereocenters. The quantitative estimate of drug-likeness (QED) is 0.0735. The van der Waals surface area contributed by atoms with E-state index in [4.69, 9.17) is 0 Å². The zero-order valence-corrected chi connectivity index (χ0v) is 30.3. The van der Waals surface area contributed by atoms with E-state index < -0.39 is 0 Å². The van der Waals surface area contributed by atoms with Crippen molar-refractivity contribution in [1.82, 2.24) is 15.4 Å². The molecule has 0 aliphatic carbocycles. The molecule has 6 heteroatoms. The molecule has 5 rings (SSSR count). The van der Waals surface area contributed by atoms with Gasteiger partial charge in [0.15, 0.2) is 5.78 Å². The van der Waals surface area contributed by atoms with Crippen LogP contribution in [0.5, 0.6) is 0 Å². The second-order valence-corrected chi connectivity index (χ2v) is 12.6. The van der Waals surface area contributed by atoms with Crippen LogP contribution in [0.3, 0.4) is 0 Å². The Hall–Kier alpha value is -3.47. The van der Waals surface area contributed by atoms with Gasteiger partial charge in [0.1, 0.15) is 0 Å².